The minimum absolute atomic E-state index is 0.0253. The largest absolute Gasteiger partial charge is 0.396 e. The van der Waals surface area contributed by atoms with Crippen LogP contribution in [0.4, 0.5) is 0 Å². The van der Waals surface area contributed by atoms with Gasteiger partial charge in [-0.05, 0) is 19.3 Å². The van der Waals surface area contributed by atoms with E-state index in [1.54, 1.807) is 0 Å². The summed E-state index contributed by atoms with van der Waals surface area (Å²) in [5.41, 5.74) is 0. The van der Waals surface area contributed by atoms with Gasteiger partial charge >= 0.3 is 0 Å². The smallest absolute Gasteiger partial charge is 0.211 e. The minimum atomic E-state index is -3.30. The van der Waals surface area contributed by atoms with Crippen LogP contribution >= 0.6 is 0 Å². The van der Waals surface area contributed by atoms with Gasteiger partial charge in [-0.1, -0.05) is 6.92 Å². The van der Waals surface area contributed by atoms with E-state index in [0.717, 1.165) is 0 Å². The standard InChI is InChI=1S/C9H18N2O3S/c1-2-9(5-7-12)11-15(13,14)8-4-3-6-10/h9,11-12H,2-5,7-8H2,1H3. The van der Waals surface area contributed by atoms with Gasteiger partial charge in [0.05, 0.1) is 11.8 Å². The fraction of sp³-hybridized carbons (Fsp3) is 0.889. The second kappa shape index (κ2) is 7.63. The van der Waals surface area contributed by atoms with Crippen molar-refractivity contribution in [3.8, 4) is 6.07 Å². The lowest BCUT2D eigenvalue weighted by molar-refractivity contribution is 0.270. The first-order valence-corrected chi connectivity index (χ1v) is 6.68. The van der Waals surface area contributed by atoms with Crippen LogP contribution in [-0.4, -0.2) is 31.9 Å². The molecule has 5 nitrogen and oxygen atoms in total. The number of unbranched alkanes of at least 4 members (excludes halogenated alkanes) is 1. The monoisotopic (exact) mass is 234 g/mol. The lowest BCUT2D eigenvalue weighted by atomic mass is 10.2. The summed E-state index contributed by atoms with van der Waals surface area (Å²) in [6.07, 6.45) is 1.67. The second-order valence-electron chi connectivity index (χ2n) is 3.32. The molecule has 0 radical (unpaired) electrons. The molecule has 0 aromatic rings. The first kappa shape index (κ1) is 14.4. The Morgan fingerprint density at radius 1 is 1.53 bits per heavy atom. The molecule has 0 rings (SSSR count). The summed E-state index contributed by atoms with van der Waals surface area (Å²) in [4.78, 5) is 0. The Morgan fingerprint density at radius 2 is 2.20 bits per heavy atom. The number of nitriles is 1. The number of rotatable bonds is 8. The van der Waals surface area contributed by atoms with Crippen molar-refractivity contribution in [3.63, 3.8) is 0 Å². The molecule has 2 N–H and O–H groups in total. The van der Waals surface area contributed by atoms with Crippen LogP contribution in [0.25, 0.3) is 0 Å². The number of nitrogens with zero attached hydrogens (tertiary/aromatic N) is 1. The van der Waals surface area contributed by atoms with Gasteiger partial charge in [-0.15, -0.1) is 0 Å². The maximum atomic E-state index is 11.4. The predicted octanol–water partition coefficient (Wildman–Crippen LogP) is 0.371. The molecule has 0 amide bonds. The Labute approximate surface area is 91.2 Å². The lowest BCUT2D eigenvalue weighted by Crippen LogP contribution is -2.36. The van der Waals surface area contributed by atoms with Crippen molar-refractivity contribution < 1.29 is 13.5 Å². The second-order valence-corrected chi connectivity index (χ2v) is 5.19. The molecule has 0 aromatic carbocycles. The van der Waals surface area contributed by atoms with Crippen LogP contribution in [0.3, 0.4) is 0 Å². The summed E-state index contributed by atoms with van der Waals surface area (Å²) >= 11 is 0. The summed E-state index contributed by atoms with van der Waals surface area (Å²) in [6.45, 7) is 1.83. The van der Waals surface area contributed by atoms with Crippen LogP contribution in [0.15, 0.2) is 0 Å². The summed E-state index contributed by atoms with van der Waals surface area (Å²) in [5.74, 6) is -0.0253. The highest BCUT2D eigenvalue weighted by atomic mass is 32.2. The van der Waals surface area contributed by atoms with E-state index >= 15 is 0 Å². The quantitative estimate of drug-likeness (QED) is 0.594. The normalized spacial score (nSPS) is 13.4. The molecule has 88 valence electrons. The zero-order valence-electron chi connectivity index (χ0n) is 8.94. The molecule has 0 bridgehead atoms. The Morgan fingerprint density at radius 3 is 2.67 bits per heavy atom. The van der Waals surface area contributed by atoms with Crippen LogP contribution in [0.2, 0.25) is 0 Å². The predicted molar refractivity (Wildman–Crippen MR) is 57.6 cm³/mol. The number of sulfonamides is 1. The van der Waals surface area contributed by atoms with E-state index in [2.05, 4.69) is 4.72 Å². The van der Waals surface area contributed by atoms with Crippen molar-refractivity contribution >= 4 is 10.0 Å². The van der Waals surface area contributed by atoms with Gasteiger partial charge < -0.3 is 5.11 Å². The summed E-state index contributed by atoms with van der Waals surface area (Å²) in [5, 5.41) is 17.0. The van der Waals surface area contributed by atoms with Gasteiger partial charge in [-0.25, -0.2) is 13.1 Å². The third-order valence-electron chi connectivity index (χ3n) is 2.02. The van der Waals surface area contributed by atoms with Gasteiger partial charge in [0, 0.05) is 19.1 Å². The average Bonchev–Trinajstić information content (AvgIpc) is 2.17. The lowest BCUT2D eigenvalue weighted by Gasteiger charge is -2.15. The van der Waals surface area contributed by atoms with E-state index in [-0.39, 0.29) is 24.8 Å². The van der Waals surface area contributed by atoms with Gasteiger partial charge in [-0.2, -0.15) is 5.26 Å². The molecule has 0 aliphatic carbocycles. The number of aliphatic hydroxyl groups is 1. The van der Waals surface area contributed by atoms with E-state index in [4.69, 9.17) is 10.4 Å². The zero-order valence-corrected chi connectivity index (χ0v) is 9.76. The van der Waals surface area contributed by atoms with Crippen molar-refractivity contribution in [1.82, 2.24) is 4.72 Å². The van der Waals surface area contributed by atoms with E-state index < -0.39 is 10.0 Å². The average molecular weight is 234 g/mol. The molecule has 1 atom stereocenters. The van der Waals surface area contributed by atoms with Gasteiger partial charge in [-0.3, -0.25) is 0 Å². The first-order chi connectivity index (χ1) is 7.05. The molecular formula is C9H18N2O3S. The molecule has 1 unspecified atom stereocenters. The maximum absolute atomic E-state index is 11.4. The molecule has 0 aromatic heterocycles. The van der Waals surface area contributed by atoms with Crippen molar-refractivity contribution in [3.05, 3.63) is 0 Å². The molecule has 0 heterocycles. The minimum Gasteiger partial charge on any atom is -0.396 e. The number of nitrogens with one attached hydrogen (secondary N) is 1. The summed E-state index contributed by atoms with van der Waals surface area (Å²) in [7, 11) is -3.30. The van der Waals surface area contributed by atoms with Crippen molar-refractivity contribution in [2.75, 3.05) is 12.4 Å². The molecule has 0 saturated carbocycles. The molecule has 0 saturated heterocycles. The van der Waals surface area contributed by atoms with Crippen LogP contribution in [-0.2, 0) is 10.0 Å². The van der Waals surface area contributed by atoms with Gasteiger partial charge in [0.2, 0.25) is 10.0 Å². The van der Waals surface area contributed by atoms with E-state index in [9.17, 15) is 8.42 Å². The zero-order chi connectivity index (χ0) is 11.7. The number of hydrogen-bond acceptors (Lipinski definition) is 4. The van der Waals surface area contributed by atoms with Gasteiger partial charge in [0.25, 0.3) is 0 Å². The number of hydrogen-bond donors (Lipinski definition) is 2. The van der Waals surface area contributed by atoms with E-state index in [1.165, 1.54) is 0 Å². The maximum Gasteiger partial charge on any atom is 0.211 e. The molecule has 0 fully saturated rings. The highest BCUT2D eigenvalue weighted by Gasteiger charge is 2.15. The molecule has 0 spiro atoms. The van der Waals surface area contributed by atoms with Crippen LogP contribution < -0.4 is 4.72 Å². The topological polar surface area (TPSA) is 90.2 Å². The molecule has 0 aliphatic rings. The van der Waals surface area contributed by atoms with Crippen LogP contribution in [0, 0.1) is 11.3 Å². The van der Waals surface area contributed by atoms with Crippen LogP contribution in [0.5, 0.6) is 0 Å². The highest BCUT2D eigenvalue weighted by molar-refractivity contribution is 7.89. The fourth-order valence-electron chi connectivity index (χ4n) is 1.16. The van der Waals surface area contributed by atoms with E-state index in [0.29, 0.717) is 19.3 Å². The fourth-order valence-corrected chi connectivity index (χ4v) is 2.59. The summed E-state index contributed by atoms with van der Waals surface area (Å²) in [6, 6.07) is 1.69. The Balaban J connectivity index is 4.06. The third-order valence-corrected chi connectivity index (χ3v) is 3.54. The Bertz CT molecular complexity index is 295. The van der Waals surface area contributed by atoms with Crippen molar-refractivity contribution in [2.45, 2.75) is 38.6 Å². The Hall–Kier alpha value is -0.640. The number of aliphatic hydroxyl groups excluding tert-OH is 1. The van der Waals surface area contributed by atoms with Gasteiger partial charge in [0.15, 0.2) is 0 Å². The third kappa shape index (κ3) is 7.31. The SMILES string of the molecule is CCC(CCO)NS(=O)(=O)CCCC#N. The first-order valence-electron chi connectivity index (χ1n) is 5.03. The molecule has 6 heteroatoms. The van der Waals surface area contributed by atoms with Crippen molar-refractivity contribution in [2.24, 2.45) is 0 Å². The van der Waals surface area contributed by atoms with Crippen molar-refractivity contribution in [1.29, 1.82) is 5.26 Å². The summed E-state index contributed by atoms with van der Waals surface area (Å²) < 4.78 is 25.4. The van der Waals surface area contributed by atoms with Crippen LogP contribution in [0.1, 0.15) is 32.6 Å². The van der Waals surface area contributed by atoms with E-state index in [1.807, 2.05) is 13.0 Å². The molecule has 0 aliphatic heterocycles. The Kier molecular flexibility index (Phi) is 7.30. The highest BCUT2D eigenvalue weighted by Crippen LogP contribution is 2.01. The van der Waals surface area contributed by atoms with Gasteiger partial charge in [0.1, 0.15) is 0 Å². The molecule has 15 heavy (non-hydrogen) atoms. The molecular weight excluding hydrogens is 216 g/mol.